The van der Waals surface area contributed by atoms with Crippen molar-refractivity contribution in [2.75, 3.05) is 0 Å². The molecule has 0 rings (SSSR count). The first-order valence-corrected chi connectivity index (χ1v) is 0. The first-order valence-electron chi connectivity index (χ1n) is 0. The zero-order chi connectivity index (χ0) is 0. The van der Waals surface area contributed by atoms with Crippen LogP contribution in [-0.2, 0) is 50.5 Å². The molecule has 0 aliphatic heterocycles. The fourth-order valence-corrected chi connectivity index (χ4v) is 0. The topological polar surface area (TPSA) is 57.0 Å². The van der Waals surface area contributed by atoms with Gasteiger partial charge in [0.05, 0.1) is 0 Å². The van der Waals surface area contributed by atoms with Crippen LogP contribution in [0, 0.1) is 0 Å². The molecule has 0 atom stereocenters. The van der Waals surface area contributed by atoms with E-state index in [-0.39, 0.29) is 50.5 Å². The van der Waals surface area contributed by atoms with Crippen molar-refractivity contribution < 1.29 is 50.5 Å². The average molecular weight is 412 g/mol. The van der Waals surface area contributed by atoms with E-state index in [2.05, 4.69) is 0 Å². The van der Waals surface area contributed by atoms with E-state index in [9.17, 15) is 0 Å². The fraction of sp³-hybridized carbons (Fsp3) is 0. The van der Waals surface area contributed by atoms with Gasteiger partial charge in [0.2, 0.25) is 0 Å². The zero-order valence-corrected chi connectivity index (χ0v) is 6.60. The van der Waals surface area contributed by atoms with Gasteiger partial charge in [-0.15, -0.1) is 0 Å². The van der Waals surface area contributed by atoms with Crippen LogP contribution in [0.25, 0.3) is 0 Å². The molecule has 0 aromatic rings. The van der Waals surface area contributed by atoms with Gasteiger partial charge in [-0.3, -0.25) is 0 Å². The van der Waals surface area contributed by atoms with Gasteiger partial charge in [-0.1, -0.05) is 0 Å². The Morgan fingerprint density at radius 3 is 0.750 bits per heavy atom. The Bertz CT molecular complexity index is 4.00. The molecular weight excluding hydrogens is 412 g/mol. The Morgan fingerprint density at radius 1 is 0.750 bits per heavy atom. The van der Waals surface area contributed by atoms with Gasteiger partial charge in [0, 0.05) is 19.8 Å². The Balaban J connectivity index is 0. The van der Waals surface area contributed by atoms with Gasteiger partial charge in [0.25, 0.3) is 0 Å². The monoisotopic (exact) mass is 416 g/mol. The number of rotatable bonds is 0. The predicted molar refractivity (Wildman–Crippen MR) is 1.37 cm³/mol. The van der Waals surface area contributed by atoms with Gasteiger partial charge < -0.3 is 11.0 Å². The SMILES string of the molecule is [O-2].[O-2].[Os+4].[Os]. The molecule has 0 aromatic heterocycles. The van der Waals surface area contributed by atoms with Gasteiger partial charge >= 0.3 is 19.8 Å². The summed E-state index contributed by atoms with van der Waals surface area (Å²) in [6.07, 6.45) is 0. The van der Waals surface area contributed by atoms with E-state index in [1.807, 2.05) is 0 Å². The third-order valence-corrected chi connectivity index (χ3v) is 0. The largest absolute Gasteiger partial charge is 4.00 e. The van der Waals surface area contributed by atoms with Crippen molar-refractivity contribution in [3.05, 3.63) is 0 Å². The van der Waals surface area contributed by atoms with E-state index >= 15 is 0 Å². The van der Waals surface area contributed by atoms with Crippen LogP contribution in [0.1, 0.15) is 0 Å². The summed E-state index contributed by atoms with van der Waals surface area (Å²) in [5, 5.41) is 0. The van der Waals surface area contributed by atoms with Crippen molar-refractivity contribution in [1.82, 2.24) is 0 Å². The molecule has 0 saturated heterocycles. The molecule has 0 aromatic carbocycles. The van der Waals surface area contributed by atoms with Crippen LogP contribution in [0.5, 0.6) is 0 Å². The van der Waals surface area contributed by atoms with Crippen molar-refractivity contribution in [2.45, 2.75) is 0 Å². The second-order valence-corrected chi connectivity index (χ2v) is 0. The third-order valence-electron chi connectivity index (χ3n) is 0. The molecule has 0 spiro atoms. The van der Waals surface area contributed by atoms with Crippen LogP contribution < -0.4 is 0 Å². The molecule has 0 N–H and O–H groups in total. The standard InChI is InChI=1S/2O.2Os/q2*-2;;+4. The maximum atomic E-state index is 0. The van der Waals surface area contributed by atoms with Crippen molar-refractivity contribution >= 4 is 0 Å². The molecule has 0 amide bonds. The quantitative estimate of drug-likeness (QED) is 0.528. The van der Waals surface area contributed by atoms with Crippen molar-refractivity contribution in [3.8, 4) is 0 Å². The summed E-state index contributed by atoms with van der Waals surface area (Å²) >= 11 is 0. The smallest absolute Gasteiger partial charge is 2.00 e. The van der Waals surface area contributed by atoms with Crippen LogP contribution in [0.15, 0.2) is 0 Å². The minimum Gasteiger partial charge on any atom is -2.00 e. The Hall–Kier alpha value is 1.19. The van der Waals surface area contributed by atoms with E-state index in [1.165, 1.54) is 0 Å². The van der Waals surface area contributed by atoms with Crippen LogP contribution in [0.2, 0.25) is 0 Å². The summed E-state index contributed by atoms with van der Waals surface area (Å²) in [6.45, 7) is 0. The normalized spacial score (nSPS) is 0. The number of hydrogen-bond donors (Lipinski definition) is 0. The van der Waals surface area contributed by atoms with Crippen LogP contribution in [0.3, 0.4) is 0 Å². The first kappa shape index (κ1) is 64.2. The first-order chi connectivity index (χ1) is 0. The third kappa shape index (κ3) is 10.8. The van der Waals surface area contributed by atoms with E-state index in [0.717, 1.165) is 0 Å². The minimum absolute atomic E-state index is 0. The summed E-state index contributed by atoms with van der Waals surface area (Å²) in [6, 6.07) is 0. The van der Waals surface area contributed by atoms with Gasteiger partial charge in [-0.2, -0.15) is 0 Å². The molecule has 28 valence electrons. The molecule has 4 heavy (non-hydrogen) atoms. The Kier molecular flexibility index (Phi) is 482. The molecule has 0 heterocycles. The maximum absolute atomic E-state index is 0. The minimum atomic E-state index is 0. The van der Waals surface area contributed by atoms with Gasteiger partial charge in [-0.05, 0) is 0 Å². The number of hydrogen-bond acceptors (Lipinski definition) is 0. The molecule has 0 radical (unpaired) electrons. The summed E-state index contributed by atoms with van der Waals surface area (Å²) in [4.78, 5) is 0. The van der Waals surface area contributed by atoms with Crippen LogP contribution in [0.4, 0.5) is 0 Å². The molecule has 0 unspecified atom stereocenters. The van der Waals surface area contributed by atoms with Gasteiger partial charge in [0.15, 0.2) is 0 Å². The van der Waals surface area contributed by atoms with Gasteiger partial charge in [0.1, 0.15) is 0 Å². The summed E-state index contributed by atoms with van der Waals surface area (Å²) in [5.41, 5.74) is 0. The Labute approximate surface area is 50.7 Å². The summed E-state index contributed by atoms with van der Waals surface area (Å²) in [5.74, 6) is 0. The van der Waals surface area contributed by atoms with E-state index < -0.39 is 0 Å². The second-order valence-electron chi connectivity index (χ2n) is 0. The van der Waals surface area contributed by atoms with E-state index in [1.54, 1.807) is 0 Å². The molecule has 0 bridgehead atoms. The maximum Gasteiger partial charge on any atom is 4.00 e. The van der Waals surface area contributed by atoms with Crippen molar-refractivity contribution in [3.63, 3.8) is 0 Å². The molecule has 0 saturated carbocycles. The van der Waals surface area contributed by atoms with E-state index in [4.69, 9.17) is 0 Å². The molecule has 4 heteroatoms. The molecular formula is O2Os2. The van der Waals surface area contributed by atoms with E-state index in [0.29, 0.717) is 0 Å². The second kappa shape index (κ2) is 30.0. The van der Waals surface area contributed by atoms with Crippen molar-refractivity contribution in [2.24, 2.45) is 0 Å². The van der Waals surface area contributed by atoms with Crippen molar-refractivity contribution in [1.29, 1.82) is 0 Å². The molecule has 2 nitrogen and oxygen atoms in total. The molecule has 0 fully saturated rings. The van der Waals surface area contributed by atoms with Crippen LogP contribution in [-0.4, -0.2) is 0 Å². The Morgan fingerprint density at radius 2 is 0.750 bits per heavy atom. The summed E-state index contributed by atoms with van der Waals surface area (Å²) in [7, 11) is 0. The van der Waals surface area contributed by atoms with Crippen LogP contribution >= 0.6 is 0 Å². The molecule has 0 aliphatic rings. The fourth-order valence-electron chi connectivity index (χ4n) is 0. The average Bonchev–Trinajstić information content (AvgIpc) is 0. The predicted octanol–water partition coefficient (Wildman–Crippen LogP) is -0.243. The molecule has 0 aliphatic carbocycles. The zero-order valence-electron chi connectivity index (χ0n) is 1.52. The summed E-state index contributed by atoms with van der Waals surface area (Å²) < 4.78 is 0. The van der Waals surface area contributed by atoms with Gasteiger partial charge in [-0.25, -0.2) is 0 Å².